The molecule has 0 bridgehead atoms. The Morgan fingerprint density at radius 3 is 1.81 bits per heavy atom. The van der Waals surface area contributed by atoms with Gasteiger partial charge in [-0.05, 0) is 99.2 Å². The summed E-state index contributed by atoms with van der Waals surface area (Å²) in [6.45, 7) is 8.75. The fraction of sp³-hybridized carbons (Fsp3) is 0.919. The van der Waals surface area contributed by atoms with Gasteiger partial charge in [-0.25, -0.2) is 0 Å². The summed E-state index contributed by atoms with van der Waals surface area (Å²) in [5.41, 5.74) is -1.48. The first kappa shape index (κ1) is 33.7. The summed E-state index contributed by atoms with van der Waals surface area (Å²) in [6.07, 6.45) is 13.5. The molecule has 4 aliphatic carbocycles. The highest BCUT2D eigenvalue weighted by Crippen LogP contribution is 2.79. The number of aliphatic carboxylic acids is 3. The molecule has 0 aromatic carbocycles. The number of carbonyl (C=O) groups is 3. The first-order chi connectivity index (χ1) is 22.2. The van der Waals surface area contributed by atoms with Crippen LogP contribution in [0.4, 0.5) is 0 Å². The third-order valence-corrected chi connectivity index (χ3v) is 14.4. The van der Waals surface area contributed by atoms with Crippen molar-refractivity contribution in [2.75, 3.05) is 0 Å². The van der Waals surface area contributed by atoms with E-state index in [1.54, 1.807) is 0 Å². The van der Waals surface area contributed by atoms with Gasteiger partial charge in [-0.3, -0.25) is 14.4 Å². The van der Waals surface area contributed by atoms with E-state index in [1.165, 1.54) is 6.42 Å². The molecule has 4 saturated carbocycles. The number of ether oxygens (including phenoxy) is 4. The maximum atomic E-state index is 12.6. The van der Waals surface area contributed by atoms with Crippen LogP contribution in [0.25, 0.3) is 0 Å². The predicted octanol–water partition coefficient (Wildman–Crippen LogP) is 6.49. The van der Waals surface area contributed by atoms with E-state index in [0.717, 1.165) is 51.4 Å². The van der Waals surface area contributed by atoms with Crippen molar-refractivity contribution in [3.63, 3.8) is 0 Å². The van der Waals surface area contributed by atoms with Gasteiger partial charge in [-0.15, -0.1) is 0 Å². The summed E-state index contributed by atoms with van der Waals surface area (Å²) in [7, 11) is 0. The van der Waals surface area contributed by atoms with Crippen LogP contribution in [-0.4, -0.2) is 69.2 Å². The second-order valence-electron chi connectivity index (χ2n) is 17.3. The van der Waals surface area contributed by atoms with Crippen molar-refractivity contribution in [1.29, 1.82) is 0 Å². The number of hydrogen-bond donors (Lipinski definition) is 3. The Balaban J connectivity index is 0.000000160. The molecular weight excluding hydrogens is 604 g/mol. The highest BCUT2D eigenvalue weighted by Gasteiger charge is 2.94. The van der Waals surface area contributed by atoms with E-state index >= 15 is 0 Å². The molecular formula is C37H56O10. The van der Waals surface area contributed by atoms with Gasteiger partial charge in [-0.1, -0.05) is 47.0 Å². The average Bonchev–Trinajstić information content (AvgIpc) is 3.86. The molecule has 12 unspecified atom stereocenters. The average molecular weight is 661 g/mol. The van der Waals surface area contributed by atoms with Crippen LogP contribution in [0.3, 0.4) is 0 Å². The van der Waals surface area contributed by atoms with E-state index in [0.29, 0.717) is 86.1 Å². The summed E-state index contributed by atoms with van der Waals surface area (Å²) >= 11 is 0. The minimum Gasteiger partial charge on any atom is -0.481 e. The summed E-state index contributed by atoms with van der Waals surface area (Å²) in [5.74, 6) is -0.594. The zero-order valence-corrected chi connectivity index (χ0v) is 28.7. The predicted molar refractivity (Wildman–Crippen MR) is 169 cm³/mol. The Hall–Kier alpha value is -1.75. The molecule has 4 heterocycles. The van der Waals surface area contributed by atoms with Crippen LogP contribution in [0.2, 0.25) is 0 Å². The molecule has 8 fully saturated rings. The van der Waals surface area contributed by atoms with Crippen molar-refractivity contribution in [2.24, 2.45) is 52.3 Å². The number of carboxylic acid groups (broad SMARTS) is 3. The lowest BCUT2D eigenvalue weighted by Crippen LogP contribution is -2.50. The molecule has 8 rings (SSSR count). The second-order valence-corrected chi connectivity index (χ2v) is 17.3. The third kappa shape index (κ3) is 6.05. The van der Waals surface area contributed by atoms with Crippen molar-refractivity contribution in [3.05, 3.63) is 0 Å². The standard InChI is InChI=1S/C22H34O6.C15H22O4/c1-12-6-16-18(27-16)8-14(12)10-22(21(25)26,5-3-4-20(23)24)11-15-9-19-17(28-19)7-13(15)2;1-9-5-3-4-6-11(9)13(12(16)17)8-15-14(18-15,19-15)7-10(13)2/h12-19H,3-11H2,1-2H3,(H,23,24)(H,25,26);9-11H,3-8H2,1-2H3,(H,16,17). The monoisotopic (exact) mass is 660 g/mol. The van der Waals surface area contributed by atoms with Crippen LogP contribution in [0.5, 0.6) is 0 Å². The van der Waals surface area contributed by atoms with Gasteiger partial charge >= 0.3 is 17.9 Å². The van der Waals surface area contributed by atoms with E-state index in [-0.39, 0.29) is 24.0 Å². The highest BCUT2D eigenvalue weighted by atomic mass is 17.0. The Labute approximate surface area is 278 Å². The van der Waals surface area contributed by atoms with E-state index in [4.69, 9.17) is 24.1 Å². The molecule has 3 N–H and O–H groups in total. The topological polar surface area (TPSA) is 162 Å². The normalized spacial score (nSPS) is 49.7. The fourth-order valence-electron chi connectivity index (χ4n) is 11.2. The molecule has 10 nitrogen and oxygen atoms in total. The minimum atomic E-state index is -0.847. The maximum Gasteiger partial charge on any atom is 0.310 e. The summed E-state index contributed by atoms with van der Waals surface area (Å²) < 4.78 is 22.7. The molecule has 0 spiro atoms. The molecule has 8 aliphatic rings. The second kappa shape index (κ2) is 11.9. The van der Waals surface area contributed by atoms with Crippen molar-refractivity contribution in [3.8, 4) is 0 Å². The van der Waals surface area contributed by atoms with Crippen molar-refractivity contribution in [2.45, 2.75) is 160 Å². The SMILES string of the molecule is CC1CC2OC2CC1CC(CCCC(=O)O)(CC1CC2OC2CC1C)C(=O)O.CC1CCCCC1C1(C(=O)O)CC23OC2(CC1C)O3. The smallest absolute Gasteiger partial charge is 0.310 e. The Morgan fingerprint density at radius 1 is 0.745 bits per heavy atom. The van der Waals surface area contributed by atoms with Crippen LogP contribution >= 0.6 is 0 Å². The van der Waals surface area contributed by atoms with E-state index in [1.807, 2.05) is 0 Å². The molecule has 264 valence electrons. The largest absolute Gasteiger partial charge is 0.481 e. The summed E-state index contributed by atoms with van der Waals surface area (Å²) in [4.78, 5) is 35.8. The van der Waals surface area contributed by atoms with Crippen LogP contribution in [0.15, 0.2) is 0 Å². The van der Waals surface area contributed by atoms with E-state index in [9.17, 15) is 24.6 Å². The molecule has 4 aliphatic heterocycles. The maximum absolute atomic E-state index is 12.6. The van der Waals surface area contributed by atoms with Crippen LogP contribution in [0.1, 0.15) is 124 Å². The lowest BCUT2D eigenvalue weighted by Gasteiger charge is -2.46. The van der Waals surface area contributed by atoms with Crippen LogP contribution < -0.4 is 0 Å². The quantitative estimate of drug-likeness (QED) is 0.209. The van der Waals surface area contributed by atoms with Crippen molar-refractivity contribution in [1.82, 2.24) is 0 Å². The van der Waals surface area contributed by atoms with Gasteiger partial charge in [0.05, 0.1) is 35.2 Å². The van der Waals surface area contributed by atoms with Crippen LogP contribution in [-0.2, 0) is 33.3 Å². The lowest BCUT2D eigenvalue weighted by molar-refractivity contribution is -0.165. The number of rotatable bonds is 11. The number of fused-ring (bicyclic) bond motifs is 2. The van der Waals surface area contributed by atoms with Crippen molar-refractivity contribution < 1.29 is 48.7 Å². The molecule has 12 atom stereocenters. The Kier molecular flexibility index (Phi) is 8.57. The van der Waals surface area contributed by atoms with Crippen molar-refractivity contribution >= 4 is 17.9 Å². The molecule has 0 amide bonds. The fourth-order valence-corrected chi connectivity index (χ4v) is 11.2. The summed E-state index contributed by atoms with van der Waals surface area (Å²) in [6, 6.07) is 0. The number of hydrogen-bond acceptors (Lipinski definition) is 7. The minimum absolute atomic E-state index is 0.0388. The third-order valence-electron chi connectivity index (χ3n) is 14.4. The molecule has 0 aromatic rings. The Bertz CT molecular complexity index is 1210. The first-order valence-corrected chi connectivity index (χ1v) is 18.6. The van der Waals surface area contributed by atoms with Gasteiger partial charge in [0.2, 0.25) is 11.6 Å². The van der Waals surface area contributed by atoms with Gasteiger partial charge < -0.3 is 34.3 Å². The lowest BCUT2D eigenvalue weighted by atomic mass is 9.54. The number of epoxide rings is 4. The van der Waals surface area contributed by atoms with Gasteiger partial charge in [0.15, 0.2) is 0 Å². The highest BCUT2D eigenvalue weighted by molar-refractivity contribution is 5.77. The molecule has 47 heavy (non-hydrogen) atoms. The van der Waals surface area contributed by atoms with Gasteiger partial charge in [-0.2, -0.15) is 0 Å². The van der Waals surface area contributed by atoms with Gasteiger partial charge in [0.25, 0.3) is 0 Å². The zero-order valence-electron chi connectivity index (χ0n) is 28.7. The van der Waals surface area contributed by atoms with Crippen LogP contribution in [0, 0.1) is 52.3 Å². The molecule has 10 heteroatoms. The van der Waals surface area contributed by atoms with Gasteiger partial charge in [0, 0.05) is 19.3 Å². The Morgan fingerprint density at radius 2 is 1.30 bits per heavy atom. The number of carboxylic acids is 3. The van der Waals surface area contributed by atoms with E-state index < -0.39 is 34.5 Å². The zero-order chi connectivity index (χ0) is 33.5. The van der Waals surface area contributed by atoms with E-state index in [2.05, 4.69) is 27.7 Å². The molecule has 4 saturated heterocycles. The molecule has 0 aromatic heterocycles. The van der Waals surface area contributed by atoms with Gasteiger partial charge in [0.1, 0.15) is 0 Å². The summed E-state index contributed by atoms with van der Waals surface area (Å²) in [5, 5.41) is 29.4. The molecule has 0 radical (unpaired) electrons. The first-order valence-electron chi connectivity index (χ1n) is 18.6.